The highest BCUT2D eigenvalue weighted by Crippen LogP contribution is 2.33. The van der Waals surface area contributed by atoms with Crippen LogP contribution in [0.4, 0.5) is 0 Å². The molecule has 0 radical (unpaired) electrons. The Balaban J connectivity index is 1.46. The number of Topliss-reactive ketones (excluding diaryl/α,β-unsaturated/α-hetero) is 1. The zero-order chi connectivity index (χ0) is 28.9. The van der Waals surface area contributed by atoms with Gasteiger partial charge in [-0.3, -0.25) is 19.2 Å². The van der Waals surface area contributed by atoms with Gasteiger partial charge in [0, 0.05) is 12.3 Å². The predicted molar refractivity (Wildman–Crippen MR) is 147 cm³/mol. The third-order valence-corrected chi connectivity index (χ3v) is 8.53. The van der Waals surface area contributed by atoms with Crippen LogP contribution < -0.4 is 20.7 Å². The van der Waals surface area contributed by atoms with E-state index in [4.69, 9.17) is 9.47 Å². The second kappa shape index (κ2) is 13.1. The number of ether oxygens (including phenoxy) is 2. The van der Waals surface area contributed by atoms with Crippen molar-refractivity contribution in [3.05, 3.63) is 29.8 Å². The Labute approximate surface area is 235 Å². The second-order valence-electron chi connectivity index (χ2n) is 11.8. The number of epoxide rings is 1. The summed E-state index contributed by atoms with van der Waals surface area (Å²) in [6, 6.07) is 4.64. The van der Waals surface area contributed by atoms with Crippen LogP contribution in [-0.2, 0) is 30.3 Å². The lowest BCUT2D eigenvalue weighted by Gasteiger charge is -2.27. The number of hydrogen-bond acceptors (Lipinski definition) is 7. The maximum Gasteiger partial charge on any atom is 0.243 e. The van der Waals surface area contributed by atoms with E-state index in [2.05, 4.69) is 16.0 Å². The molecule has 0 spiro atoms. The van der Waals surface area contributed by atoms with Gasteiger partial charge in [0.15, 0.2) is 5.78 Å². The Morgan fingerprint density at radius 2 is 1.65 bits per heavy atom. The summed E-state index contributed by atoms with van der Waals surface area (Å²) in [5, 5.41) is 18.2. The van der Waals surface area contributed by atoms with Crippen molar-refractivity contribution in [3.63, 3.8) is 0 Å². The largest absolute Gasteiger partial charge is 0.497 e. The molecule has 3 amide bonds. The molecule has 40 heavy (non-hydrogen) atoms. The fourth-order valence-corrected chi connectivity index (χ4v) is 5.80. The third-order valence-electron chi connectivity index (χ3n) is 8.53. The van der Waals surface area contributed by atoms with Crippen LogP contribution in [-0.4, -0.2) is 72.2 Å². The van der Waals surface area contributed by atoms with Crippen molar-refractivity contribution in [2.45, 2.75) is 101 Å². The normalized spacial score (nSPS) is 26.4. The summed E-state index contributed by atoms with van der Waals surface area (Å²) in [6.07, 6.45) is 6.04. The average Bonchev–Trinajstić information content (AvgIpc) is 3.28. The first-order valence-electron chi connectivity index (χ1n) is 14.5. The third kappa shape index (κ3) is 7.81. The van der Waals surface area contributed by atoms with E-state index in [1.807, 2.05) is 12.1 Å². The number of aliphatic hydroxyl groups is 1. The lowest BCUT2D eigenvalue weighted by Crippen LogP contribution is -2.57. The molecule has 220 valence electrons. The van der Waals surface area contributed by atoms with Gasteiger partial charge >= 0.3 is 0 Å². The van der Waals surface area contributed by atoms with Gasteiger partial charge in [0.25, 0.3) is 0 Å². The van der Waals surface area contributed by atoms with Crippen molar-refractivity contribution in [1.29, 1.82) is 0 Å². The summed E-state index contributed by atoms with van der Waals surface area (Å²) < 4.78 is 10.6. The fourth-order valence-electron chi connectivity index (χ4n) is 5.80. The van der Waals surface area contributed by atoms with Crippen molar-refractivity contribution in [2.24, 2.45) is 11.8 Å². The van der Waals surface area contributed by atoms with Gasteiger partial charge in [-0.05, 0) is 63.1 Å². The van der Waals surface area contributed by atoms with Gasteiger partial charge in [-0.25, -0.2) is 0 Å². The van der Waals surface area contributed by atoms with E-state index in [1.54, 1.807) is 33.1 Å². The number of hydrogen-bond donors (Lipinski definition) is 4. The number of carbonyl (C=O) groups is 4. The monoisotopic (exact) mass is 557 g/mol. The molecule has 0 bridgehead atoms. The molecule has 2 saturated carbocycles. The predicted octanol–water partition coefficient (Wildman–Crippen LogP) is 1.81. The van der Waals surface area contributed by atoms with Gasteiger partial charge in [-0.1, -0.05) is 37.8 Å². The molecule has 1 aromatic carbocycles. The van der Waals surface area contributed by atoms with Gasteiger partial charge in [0.1, 0.15) is 23.4 Å². The summed E-state index contributed by atoms with van der Waals surface area (Å²) in [5.74, 6) is -0.689. The summed E-state index contributed by atoms with van der Waals surface area (Å²) >= 11 is 0. The van der Waals surface area contributed by atoms with E-state index >= 15 is 0 Å². The van der Waals surface area contributed by atoms with E-state index in [-0.39, 0.29) is 24.0 Å². The first kappa shape index (κ1) is 30.0. The molecule has 2 aliphatic carbocycles. The lowest BCUT2D eigenvalue weighted by molar-refractivity contribution is -0.134. The van der Waals surface area contributed by atoms with Gasteiger partial charge in [0.2, 0.25) is 17.7 Å². The Morgan fingerprint density at radius 1 is 1.00 bits per heavy atom. The minimum Gasteiger partial charge on any atom is -0.497 e. The molecule has 1 aromatic rings. The average molecular weight is 558 g/mol. The fraction of sp³-hybridized carbons (Fsp3) is 0.667. The Kier molecular flexibility index (Phi) is 9.84. The van der Waals surface area contributed by atoms with E-state index in [0.29, 0.717) is 44.0 Å². The topological polar surface area (TPSA) is 146 Å². The highest BCUT2D eigenvalue weighted by atomic mass is 16.6. The molecule has 6 atom stereocenters. The minimum absolute atomic E-state index is 0.137. The van der Waals surface area contributed by atoms with Crippen LogP contribution in [0.15, 0.2) is 24.3 Å². The van der Waals surface area contributed by atoms with E-state index in [0.717, 1.165) is 31.2 Å². The maximum absolute atomic E-state index is 13.7. The Hall–Kier alpha value is -2.98. The first-order valence-corrected chi connectivity index (χ1v) is 14.5. The van der Waals surface area contributed by atoms with Crippen molar-refractivity contribution in [1.82, 2.24) is 16.0 Å². The Bertz CT molecular complexity index is 1070. The molecule has 1 aliphatic heterocycles. The van der Waals surface area contributed by atoms with Crippen LogP contribution in [0.5, 0.6) is 5.75 Å². The number of amides is 3. The van der Waals surface area contributed by atoms with E-state index < -0.39 is 41.6 Å². The summed E-state index contributed by atoms with van der Waals surface area (Å²) in [4.78, 5) is 52.8. The number of rotatable bonds is 13. The zero-order valence-corrected chi connectivity index (χ0v) is 23.7. The molecule has 1 heterocycles. The molecule has 3 fully saturated rings. The first-order chi connectivity index (χ1) is 19.1. The number of nitrogens with one attached hydrogen (secondary N) is 3. The van der Waals surface area contributed by atoms with E-state index in [1.165, 1.54) is 0 Å². The van der Waals surface area contributed by atoms with Gasteiger partial charge in [-0.15, -0.1) is 0 Å². The molecule has 4 N–H and O–H groups in total. The summed E-state index contributed by atoms with van der Waals surface area (Å²) in [7, 11) is 1.57. The highest BCUT2D eigenvalue weighted by Gasteiger charge is 2.50. The highest BCUT2D eigenvalue weighted by molar-refractivity contribution is 5.98. The number of methoxy groups -OCH3 is 1. The summed E-state index contributed by atoms with van der Waals surface area (Å²) in [6.45, 7) is 3.65. The number of aliphatic hydroxyl groups excluding tert-OH is 1. The molecular weight excluding hydrogens is 514 g/mol. The van der Waals surface area contributed by atoms with Crippen molar-refractivity contribution in [2.75, 3.05) is 13.7 Å². The van der Waals surface area contributed by atoms with Crippen LogP contribution in [0.25, 0.3) is 0 Å². The smallest absolute Gasteiger partial charge is 0.243 e. The van der Waals surface area contributed by atoms with Crippen molar-refractivity contribution < 1.29 is 33.8 Å². The number of ketones is 1. The van der Waals surface area contributed by atoms with Crippen LogP contribution in [0.2, 0.25) is 0 Å². The standard InChI is InChI=1S/C30H43N3O7/c1-18(31-28(37)21-10-11-22(34)16-21)27(36)33-25(15-20-8-12-23(39-3)13-9-20)29(38)32-24(14-19-6-4-5-7-19)26(35)30(2)17-40-30/h8-9,12-13,18-19,21-22,24-25,34H,4-7,10-11,14-17H2,1-3H3,(H,31,37)(H,32,38)(H,33,36)/t18-,21+,22-,24+,25+,30-/m1/s1. The second-order valence-corrected chi connectivity index (χ2v) is 11.8. The van der Waals surface area contributed by atoms with Gasteiger partial charge in [-0.2, -0.15) is 0 Å². The molecule has 0 unspecified atom stereocenters. The molecule has 10 heteroatoms. The number of carbonyl (C=O) groups excluding carboxylic acids is 4. The van der Waals surface area contributed by atoms with Crippen molar-refractivity contribution >= 4 is 23.5 Å². The van der Waals surface area contributed by atoms with Crippen molar-refractivity contribution in [3.8, 4) is 5.75 Å². The van der Waals surface area contributed by atoms with Crippen LogP contribution in [0.1, 0.15) is 70.8 Å². The SMILES string of the molecule is COc1ccc(C[C@H](NC(=O)[C@@H](C)NC(=O)[C@H]2CC[C@@H](O)C2)C(=O)N[C@@H](CC2CCCC2)C(=O)[C@@]2(C)CO2)cc1. The van der Waals surface area contributed by atoms with Crippen LogP contribution in [0, 0.1) is 11.8 Å². The Morgan fingerprint density at radius 3 is 2.23 bits per heavy atom. The quantitative estimate of drug-likeness (QED) is 0.271. The maximum atomic E-state index is 13.7. The van der Waals surface area contributed by atoms with Crippen LogP contribution in [0.3, 0.4) is 0 Å². The molecule has 0 aromatic heterocycles. The molecule has 4 rings (SSSR count). The van der Waals surface area contributed by atoms with E-state index in [9.17, 15) is 24.3 Å². The molecule has 1 saturated heterocycles. The van der Waals surface area contributed by atoms with Crippen LogP contribution >= 0.6 is 0 Å². The summed E-state index contributed by atoms with van der Waals surface area (Å²) in [5.41, 5.74) is -0.0771. The van der Waals surface area contributed by atoms with Gasteiger partial charge < -0.3 is 30.5 Å². The lowest BCUT2D eigenvalue weighted by atomic mass is 9.90. The molecule has 3 aliphatic rings. The minimum atomic E-state index is -0.972. The molecule has 10 nitrogen and oxygen atoms in total. The van der Waals surface area contributed by atoms with Gasteiger partial charge in [0.05, 0.1) is 25.9 Å². The molecular formula is C30H43N3O7. The zero-order valence-electron chi connectivity index (χ0n) is 23.7. The number of benzene rings is 1.